The summed E-state index contributed by atoms with van der Waals surface area (Å²) in [5, 5.41) is 6.58. The quantitative estimate of drug-likeness (QED) is 0.795. The van der Waals surface area contributed by atoms with Gasteiger partial charge in [-0.1, -0.05) is 13.8 Å². The van der Waals surface area contributed by atoms with E-state index in [-0.39, 0.29) is 11.3 Å². The van der Waals surface area contributed by atoms with Crippen molar-refractivity contribution < 1.29 is 9.53 Å². The van der Waals surface area contributed by atoms with E-state index in [1.165, 1.54) is 12.8 Å². The zero-order chi connectivity index (χ0) is 13.0. The molecule has 0 radical (unpaired) electrons. The molecule has 2 heterocycles. The molecule has 18 heavy (non-hydrogen) atoms. The first-order valence-corrected chi connectivity index (χ1v) is 7.24. The molecule has 2 N–H and O–H groups in total. The standard InChI is InChI=1S/C14H26N2O2/c1-11(2)14(5-8-18-9-6-14)13(17)16-10-12-4-3-7-15-12/h11-12,15H,3-10H2,1-2H3,(H,16,17). The molecule has 104 valence electrons. The van der Waals surface area contributed by atoms with Gasteiger partial charge >= 0.3 is 0 Å². The van der Waals surface area contributed by atoms with Gasteiger partial charge in [0.2, 0.25) is 5.91 Å². The number of hydrogen-bond acceptors (Lipinski definition) is 3. The molecule has 0 aromatic rings. The lowest BCUT2D eigenvalue weighted by atomic mass is 9.70. The second-order valence-electron chi connectivity index (χ2n) is 5.93. The van der Waals surface area contributed by atoms with Crippen LogP contribution in [0.1, 0.15) is 39.5 Å². The summed E-state index contributed by atoms with van der Waals surface area (Å²) in [6.45, 7) is 7.59. The van der Waals surface area contributed by atoms with Crippen LogP contribution in [0.25, 0.3) is 0 Å². The third-order valence-corrected chi connectivity index (χ3v) is 4.61. The van der Waals surface area contributed by atoms with Gasteiger partial charge in [0.25, 0.3) is 0 Å². The highest BCUT2D eigenvalue weighted by molar-refractivity contribution is 5.83. The van der Waals surface area contributed by atoms with E-state index in [0.717, 1.165) is 25.9 Å². The molecule has 0 aliphatic carbocycles. The number of rotatable bonds is 4. The first-order chi connectivity index (χ1) is 8.65. The van der Waals surface area contributed by atoms with Crippen molar-refractivity contribution in [2.24, 2.45) is 11.3 Å². The predicted molar refractivity (Wildman–Crippen MR) is 71.4 cm³/mol. The van der Waals surface area contributed by atoms with E-state index in [2.05, 4.69) is 24.5 Å². The lowest BCUT2D eigenvalue weighted by Crippen LogP contribution is -2.50. The molecule has 0 aromatic heterocycles. The summed E-state index contributed by atoms with van der Waals surface area (Å²) in [5.41, 5.74) is -0.211. The normalized spacial score (nSPS) is 27.4. The predicted octanol–water partition coefficient (Wildman–Crippen LogP) is 1.31. The van der Waals surface area contributed by atoms with E-state index in [9.17, 15) is 4.79 Å². The summed E-state index contributed by atoms with van der Waals surface area (Å²) in [7, 11) is 0. The number of nitrogens with one attached hydrogen (secondary N) is 2. The van der Waals surface area contributed by atoms with E-state index in [1.807, 2.05) is 0 Å². The zero-order valence-corrected chi connectivity index (χ0v) is 11.6. The Labute approximate surface area is 110 Å². The fourth-order valence-electron chi connectivity index (χ4n) is 3.13. The summed E-state index contributed by atoms with van der Waals surface area (Å²) in [6.07, 6.45) is 4.12. The number of amides is 1. The maximum absolute atomic E-state index is 12.5. The van der Waals surface area contributed by atoms with Crippen LogP contribution < -0.4 is 10.6 Å². The smallest absolute Gasteiger partial charge is 0.226 e. The average molecular weight is 254 g/mol. The van der Waals surface area contributed by atoms with Crippen molar-refractivity contribution >= 4 is 5.91 Å². The van der Waals surface area contributed by atoms with Gasteiger partial charge in [0, 0.05) is 25.8 Å². The Balaban J connectivity index is 1.90. The van der Waals surface area contributed by atoms with Crippen LogP contribution in [0.15, 0.2) is 0 Å². The maximum atomic E-state index is 12.5. The van der Waals surface area contributed by atoms with Crippen molar-refractivity contribution in [3.63, 3.8) is 0 Å². The Morgan fingerprint density at radius 1 is 1.44 bits per heavy atom. The maximum Gasteiger partial charge on any atom is 0.226 e. The van der Waals surface area contributed by atoms with Gasteiger partial charge in [-0.05, 0) is 38.1 Å². The first kappa shape index (κ1) is 13.8. The van der Waals surface area contributed by atoms with Gasteiger partial charge in [-0.2, -0.15) is 0 Å². The SMILES string of the molecule is CC(C)C1(C(=O)NCC2CCCN2)CCOCC1. The highest BCUT2D eigenvalue weighted by Gasteiger charge is 2.42. The molecule has 0 aromatic carbocycles. The highest BCUT2D eigenvalue weighted by atomic mass is 16.5. The van der Waals surface area contributed by atoms with Gasteiger partial charge < -0.3 is 15.4 Å². The summed E-state index contributed by atoms with van der Waals surface area (Å²) in [5.74, 6) is 0.604. The van der Waals surface area contributed by atoms with Crippen LogP contribution in [-0.4, -0.2) is 38.3 Å². The van der Waals surface area contributed by atoms with Crippen molar-refractivity contribution in [1.29, 1.82) is 0 Å². The molecular formula is C14H26N2O2. The molecule has 1 atom stereocenters. The molecule has 2 aliphatic heterocycles. The number of carbonyl (C=O) groups excluding carboxylic acids is 1. The van der Waals surface area contributed by atoms with E-state index < -0.39 is 0 Å². The van der Waals surface area contributed by atoms with Crippen molar-refractivity contribution in [2.75, 3.05) is 26.3 Å². The molecule has 4 nitrogen and oxygen atoms in total. The van der Waals surface area contributed by atoms with Crippen LogP contribution in [0.5, 0.6) is 0 Å². The van der Waals surface area contributed by atoms with Gasteiger partial charge in [0.05, 0.1) is 5.41 Å². The minimum Gasteiger partial charge on any atom is -0.381 e. The van der Waals surface area contributed by atoms with Crippen LogP contribution in [0.4, 0.5) is 0 Å². The Kier molecular flexibility index (Phi) is 4.62. The molecule has 2 fully saturated rings. The fraction of sp³-hybridized carbons (Fsp3) is 0.929. The van der Waals surface area contributed by atoms with Crippen LogP contribution in [0.2, 0.25) is 0 Å². The van der Waals surface area contributed by atoms with Gasteiger partial charge in [0.1, 0.15) is 0 Å². The monoisotopic (exact) mass is 254 g/mol. The summed E-state index contributed by atoms with van der Waals surface area (Å²) in [4.78, 5) is 12.5. The summed E-state index contributed by atoms with van der Waals surface area (Å²) < 4.78 is 5.41. The molecule has 1 amide bonds. The van der Waals surface area contributed by atoms with Crippen molar-refractivity contribution in [3.05, 3.63) is 0 Å². The molecule has 2 rings (SSSR count). The Hall–Kier alpha value is -0.610. The van der Waals surface area contributed by atoms with Crippen molar-refractivity contribution in [3.8, 4) is 0 Å². The average Bonchev–Trinajstić information content (AvgIpc) is 2.89. The molecule has 0 bridgehead atoms. The lowest BCUT2D eigenvalue weighted by molar-refractivity contribution is -0.140. The van der Waals surface area contributed by atoms with Crippen LogP contribution >= 0.6 is 0 Å². The Bertz CT molecular complexity index is 280. The lowest BCUT2D eigenvalue weighted by Gasteiger charge is -2.39. The van der Waals surface area contributed by atoms with Crippen LogP contribution in [0, 0.1) is 11.3 Å². The molecule has 2 saturated heterocycles. The van der Waals surface area contributed by atoms with E-state index in [0.29, 0.717) is 25.2 Å². The minimum absolute atomic E-state index is 0.211. The summed E-state index contributed by atoms with van der Waals surface area (Å²) >= 11 is 0. The largest absolute Gasteiger partial charge is 0.381 e. The van der Waals surface area contributed by atoms with E-state index in [4.69, 9.17) is 4.74 Å². The molecule has 4 heteroatoms. The fourth-order valence-corrected chi connectivity index (χ4v) is 3.13. The zero-order valence-electron chi connectivity index (χ0n) is 11.6. The molecule has 0 spiro atoms. The Morgan fingerprint density at radius 3 is 2.72 bits per heavy atom. The first-order valence-electron chi connectivity index (χ1n) is 7.24. The Morgan fingerprint density at radius 2 is 2.17 bits per heavy atom. The van der Waals surface area contributed by atoms with Gasteiger partial charge in [-0.25, -0.2) is 0 Å². The minimum atomic E-state index is -0.211. The number of hydrogen-bond donors (Lipinski definition) is 2. The topological polar surface area (TPSA) is 50.4 Å². The van der Waals surface area contributed by atoms with Crippen LogP contribution in [0.3, 0.4) is 0 Å². The van der Waals surface area contributed by atoms with Gasteiger partial charge in [-0.15, -0.1) is 0 Å². The van der Waals surface area contributed by atoms with E-state index >= 15 is 0 Å². The molecule has 0 saturated carbocycles. The second-order valence-corrected chi connectivity index (χ2v) is 5.93. The molecule has 1 unspecified atom stereocenters. The van der Waals surface area contributed by atoms with Gasteiger partial charge in [0.15, 0.2) is 0 Å². The molecular weight excluding hydrogens is 228 g/mol. The number of ether oxygens (including phenoxy) is 1. The van der Waals surface area contributed by atoms with Gasteiger partial charge in [-0.3, -0.25) is 4.79 Å². The summed E-state index contributed by atoms with van der Waals surface area (Å²) in [6, 6.07) is 0.470. The van der Waals surface area contributed by atoms with E-state index in [1.54, 1.807) is 0 Å². The van der Waals surface area contributed by atoms with Crippen LogP contribution in [-0.2, 0) is 9.53 Å². The third-order valence-electron chi connectivity index (χ3n) is 4.61. The molecule has 2 aliphatic rings. The van der Waals surface area contributed by atoms with Crippen molar-refractivity contribution in [2.45, 2.75) is 45.6 Å². The van der Waals surface area contributed by atoms with Crippen molar-refractivity contribution in [1.82, 2.24) is 10.6 Å². The highest BCUT2D eigenvalue weighted by Crippen LogP contribution is 2.38. The second kappa shape index (κ2) is 6.02. The number of carbonyl (C=O) groups is 1. The third kappa shape index (κ3) is 2.86.